The van der Waals surface area contributed by atoms with E-state index in [1.165, 1.54) is 0 Å². The predicted octanol–water partition coefficient (Wildman–Crippen LogP) is 0.499. The number of rotatable bonds is 2. The fourth-order valence-corrected chi connectivity index (χ4v) is 0.393. The molecular formula is C6H13O6P. The summed E-state index contributed by atoms with van der Waals surface area (Å²) in [5, 5.41) is 8.24. The minimum atomic E-state index is -4.64. The third-order valence-corrected chi connectivity index (χ3v) is 0.848. The number of aliphatic carboxylic acids is 1. The Labute approximate surface area is 75.8 Å². The van der Waals surface area contributed by atoms with Crippen LogP contribution in [0.15, 0.2) is 11.6 Å². The van der Waals surface area contributed by atoms with Crippen LogP contribution in [0, 0.1) is 0 Å². The van der Waals surface area contributed by atoms with Crippen molar-refractivity contribution < 1.29 is 29.1 Å². The minimum absolute atomic E-state index is 0.424. The van der Waals surface area contributed by atoms with E-state index in [4.69, 9.17) is 24.4 Å². The van der Waals surface area contributed by atoms with E-state index in [9.17, 15) is 4.79 Å². The lowest BCUT2D eigenvalue weighted by atomic mass is 10.2. The van der Waals surface area contributed by atoms with Gasteiger partial charge in [0.15, 0.2) is 0 Å². The predicted molar refractivity (Wildman–Crippen MR) is 45.9 cm³/mol. The maximum Gasteiger partial charge on any atom is 0.466 e. The van der Waals surface area contributed by atoms with Gasteiger partial charge in [0.2, 0.25) is 0 Å². The summed E-state index contributed by atoms with van der Waals surface area (Å²) in [4.78, 5) is 31.6. The van der Waals surface area contributed by atoms with Crippen molar-refractivity contribution in [2.75, 3.05) is 0 Å². The summed E-state index contributed by atoms with van der Waals surface area (Å²) in [5.41, 5.74) is 0.424. The highest BCUT2D eigenvalue weighted by Gasteiger charge is 2.00. The number of carbonyl (C=O) groups is 1. The Hall–Kier alpha value is -0.680. The van der Waals surface area contributed by atoms with E-state index in [1.54, 1.807) is 13.0 Å². The number of hydrogen-bond acceptors (Lipinski definition) is 2. The van der Waals surface area contributed by atoms with Crippen LogP contribution in [0.3, 0.4) is 0 Å². The standard InChI is InChI=1S/C6H10O2.H3O4P/c1-3-4-5(2)6(7)8;1-5(2,3)4/h4H,3H2,1-2H3,(H,7,8);(H3,1,2,3,4)/b5-4+;. The molecule has 0 aliphatic rings. The minimum Gasteiger partial charge on any atom is -0.478 e. The first-order valence-electron chi connectivity index (χ1n) is 3.36. The topological polar surface area (TPSA) is 115 Å². The maximum atomic E-state index is 10.0. The van der Waals surface area contributed by atoms with Crippen molar-refractivity contribution >= 4 is 13.8 Å². The summed E-state index contributed by atoms with van der Waals surface area (Å²) in [7, 11) is -4.64. The van der Waals surface area contributed by atoms with Crippen molar-refractivity contribution in [1.29, 1.82) is 0 Å². The number of allylic oxidation sites excluding steroid dienone is 1. The highest BCUT2D eigenvalue weighted by Crippen LogP contribution is 2.25. The zero-order valence-corrected chi connectivity index (χ0v) is 8.23. The van der Waals surface area contributed by atoms with E-state index in [-0.39, 0.29) is 0 Å². The van der Waals surface area contributed by atoms with Gasteiger partial charge in [0.05, 0.1) is 0 Å². The molecule has 0 aromatic carbocycles. The van der Waals surface area contributed by atoms with Crippen LogP contribution in [0.5, 0.6) is 0 Å². The lowest BCUT2D eigenvalue weighted by molar-refractivity contribution is -0.132. The van der Waals surface area contributed by atoms with Gasteiger partial charge in [-0.3, -0.25) is 0 Å². The first-order valence-corrected chi connectivity index (χ1v) is 4.93. The van der Waals surface area contributed by atoms with E-state index in [0.29, 0.717) is 5.57 Å². The van der Waals surface area contributed by atoms with Gasteiger partial charge in [-0.15, -0.1) is 0 Å². The van der Waals surface area contributed by atoms with Crippen LogP contribution < -0.4 is 0 Å². The molecule has 0 aromatic rings. The number of hydrogen-bond donors (Lipinski definition) is 4. The monoisotopic (exact) mass is 212 g/mol. The Morgan fingerprint density at radius 2 is 1.69 bits per heavy atom. The second kappa shape index (κ2) is 6.80. The van der Waals surface area contributed by atoms with Crippen LogP contribution in [-0.4, -0.2) is 25.8 Å². The van der Waals surface area contributed by atoms with Gasteiger partial charge >= 0.3 is 13.8 Å². The molecule has 0 saturated heterocycles. The van der Waals surface area contributed by atoms with Gasteiger partial charge in [0.1, 0.15) is 0 Å². The zero-order valence-electron chi connectivity index (χ0n) is 7.34. The molecule has 6 nitrogen and oxygen atoms in total. The van der Waals surface area contributed by atoms with Crippen molar-refractivity contribution in [2.24, 2.45) is 0 Å². The fourth-order valence-electron chi connectivity index (χ4n) is 0.393. The molecule has 0 aromatic heterocycles. The first-order chi connectivity index (χ1) is 5.68. The van der Waals surface area contributed by atoms with Gasteiger partial charge in [-0.25, -0.2) is 9.36 Å². The maximum absolute atomic E-state index is 10.0. The van der Waals surface area contributed by atoms with Gasteiger partial charge in [-0.2, -0.15) is 0 Å². The van der Waals surface area contributed by atoms with Crippen LogP contribution in [0.2, 0.25) is 0 Å². The molecule has 0 aliphatic carbocycles. The Balaban J connectivity index is 0. The third-order valence-electron chi connectivity index (χ3n) is 0.848. The number of carboxylic acid groups (broad SMARTS) is 1. The molecule has 0 heterocycles. The smallest absolute Gasteiger partial charge is 0.466 e. The van der Waals surface area contributed by atoms with E-state index in [2.05, 4.69) is 0 Å². The first kappa shape index (κ1) is 14.8. The van der Waals surface area contributed by atoms with E-state index >= 15 is 0 Å². The summed E-state index contributed by atoms with van der Waals surface area (Å²) >= 11 is 0. The van der Waals surface area contributed by atoms with E-state index < -0.39 is 13.8 Å². The molecule has 0 atom stereocenters. The summed E-state index contributed by atoms with van der Waals surface area (Å²) in [6.07, 6.45) is 2.47. The van der Waals surface area contributed by atoms with Crippen LogP contribution in [0.4, 0.5) is 0 Å². The Morgan fingerprint density at radius 1 is 1.38 bits per heavy atom. The highest BCUT2D eigenvalue weighted by molar-refractivity contribution is 7.45. The van der Waals surface area contributed by atoms with Gasteiger partial charge in [-0.1, -0.05) is 13.0 Å². The van der Waals surface area contributed by atoms with E-state index in [0.717, 1.165) is 6.42 Å². The number of carboxylic acids is 1. The quantitative estimate of drug-likeness (QED) is 0.391. The average Bonchev–Trinajstić information content (AvgIpc) is 1.84. The summed E-state index contributed by atoms with van der Waals surface area (Å²) in [6.45, 7) is 3.50. The molecule has 4 N–H and O–H groups in total. The molecule has 0 aliphatic heterocycles. The van der Waals surface area contributed by atoms with Crippen molar-refractivity contribution in [1.82, 2.24) is 0 Å². The molecule has 0 fully saturated rings. The molecule has 0 spiro atoms. The second-order valence-electron chi connectivity index (χ2n) is 2.11. The summed E-state index contributed by atoms with van der Waals surface area (Å²) < 4.78 is 8.88. The van der Waals surface area contributed by atoms with Crippen molar-refractivity contribution in [2.45, 2.75) is 20.3 Å². The number of phosphoric acid groups is 1. The Bertz CT molecular complexity index is 219. The molecule has 0 radical (unpaired) electrons. The average molecular weight is 212 g/mol. The summed E-state index contributed by atoms with van der Waals surface area (Å²) in [5.74, 6) is -0.827. The van der Waals surface area contributed by atoms with Crippen LogP contribution >= 0.6 is 7.82 Å². The normalized spacial score (nSPS) is 11.6. The van der Waals surface area contributed by atoms with Crippen molar-refractivity contribution in [3.8, 4) is 0 Å². The molecule has 0 amide bonds. The van der Waals surface area contributed by atoms with Crippen LogP contribution in [0.1, 0.15) is 20.3 Å². The lowest BCUT2D eigenvalue weighted by Gasteiger charge is -1.87. The van der Waals surface area contributed by atoms with Gasteiger partial charge in [0, 0.05) is 5.57 Å². The SMILES string of the molecule is CC/C=C(\C)C(=O)O.O=P(O)(O)O. The molecule has 0 saturated carbocycles. The molecule has 0 unspecified atom stereocenters. The van der Waals surface area contributed by atoms with Gasteiger partial charge in [0.25, 0.3) is 0 Å². The van der Waals surface area contributed by atoms with Crippen molar-refractivity contribution in [3.05, 3.63) is 11.6 Å². The van der Waals surface area contributed by atoms with Gasteiger partial charge < -0.3 is 19.8 Å². The second-order valence-corrected chi connectivity index (χ2v) is 3.14. The summed E-state index contributed by atoms with van der Waals surface area (Å²) in [6, 6.07) is 0. The highest BCUT2D eigenvalue weighted by atomic mass is 31.2. The zero-order chi connectivity index (χ0) is 11.1. The molecule has 0 bridgehead atoms. The van der Waals surface area contributed by atoms with Crippen LogP contribution in [0.25, 0.3) is 0 Å². The lowest BCUT2D eigenvalue weighted by Crippen LogP contribution is -1.94. The third kappa shape index (κ3) is 24.6. The largest absolute Gasteiger partial charge is 0.478 e. The Morgan fingerprint density at radius 3 is 1.77 bits per heavy atom. The van der Waals surface area contributed by atoms with Crippen LogP contribution in [-0.2, 0) is 9.36 Å². The van der Waals surface area contributed by atoms with E-state index in [1.807, 2.05) is 6.92 Å². The molecular weight excluding hydrogens is 199 g/mol. The van der Waals surface area contributed by atoms with Gasteiger partial charge in [-0.05, 0) is 13.3 Å². The van der Waals surface area contributed by atoms with Crippen molar-refractivity contribution in [3.63, 3.8) is 0 Å². The Kier molecular flexibility index (Phi) is 7.75. The molecule has 78 valence electrons. The fraction of sp³-hybridized carbons (Fsp3) is 0.500. The molecule has 0 rings (SSSR count). The molecule has 7 heteroatoms. The molecule has 13 heavy (non-hydrogen) atoms.